The first-order valence-electron chi connectivity index (χ1n) is 5.48. The lowest BCUT2D eigenvalue weighted by atomic mass is 10.1. The van der Waals surface area contributed by atoms with Crippen molar-refractivity contribution >= 4 is 34.8 Å². The lowest BCUT2D eigenvalue weighted by Crippen LogP contribution is -2.13. The van der Waals surface area contributed by atoms with Crippen LogP contribution in [-0.4, -0.2) is 5.91 Å². The third-order valence-electron chi connectivity index (χ3n) is 2.53. The highest BCUT2D eigenvalue weighted by molar-refractivity contribution is 6.40. The summed E-state index contributed by atoms with van der Waals surface area (Å²) in [6.07, 6.45) is 0. The normalized spacial score (nSPS) is 9.90. The molecule has 2 rings (SSSR count). The quantitative estimate of drug-likeness (QED) is 0.901. The van der Waals surface area contributed by atoms with Gasteiger partial charge in [0.15, 0.2) is 0 Å². The number of amides is 1. The molecular weight excluding hydrogens is 302 g/mol. The van der Waals surface area contributed by atoms with Gasteiger partial charge in [0.2, 0.25) is 0 Å². The first-order chi connectivity index (χ1) is 9.52. The Bertz CT molecular complexity index is 705. The van der Waals surface area contributed by atoms with Gasteiger partial charge in [-0.1, -0.05) is 29.3 Å². The number of halogens is 3. The summed E-state index contributed by atoms with van der Waals surface area (Å²) in [5, 5.41) is 11.7. The molecular formula is C14H7Cl2FN2O. The molecule has 3 nitrogen and oxygen atoms in total. The molecule has 0 aliphatic heterocycles. The minimum Gasteiger partial charge on any atom is -0.322 e. The van der Waals surface area contributed by atoms with E-state index in [2.05, 4.69) is 5.32 Å². The monoisotopic (exact) mass is 308 g/mol. The fourth-order valence-electron chi connectivity index (χ4n) is 1.60. The molecule has 0 heterocycles. The van der Waals surface area contributed by atoms with Crippen LogP contribution in [0.2, 0.25) is 10.0 Å². The van der Waals surface area contributed by atoms with E-state index in [0.717, 1.165) is 6.07 Å². The Hall–Kier alpha value is -2.09. The van der Waals surface area contributed by atoms with Gasteiger partial charge in [0.25, 0.3) is 5.91 Å². The van der Waals surface area contributed by atoms with Gasteiger partial charge in [0.1, 0.15) is 11.9 Å². The van der Waals surface area contributed by atoms with E-state index >= 15 is 0 Å². The number of nitrogens with zero attached hydrogens (tertiary/aromatic N) is 1. The molecule has 1 amide bonds. The summed E-state index contributed by atoms with van der Waals surface area (Å²) < 4.78 is 13.2. The first kappa shape index (κ1) is 14.3. The smallest absolute Gasteiger partial charge is 0.258 e. The van der Waals surface area contributed by atoms with Crippen LogP contribution in [-0.2, 0) is 0 Å². The Balaban J connectivity index is 2.31. The third-order valence-corrected chi connectivity index (χ3v) is 3.16. The predicted octanol–water partition coefficient (Wildman–Crippen LogP) is 4.26. The standard InChI is InChI=1S/C14H7Cl2FN2O/c15-10-2-1-3-11(16)13(10)14(20)19-9-4-5-12(17)8(6-9)7-18/h1-6H,(H,19,20). The Labute approximate surface area is 124 Å². The Morgan fingerprint density at radius 3 is 2.45 bits per heavy atom. The third kappa shape index (κ3) is 2.90. The van der Waals surface area contributed by atoms with Gasteiger partial charge in [-0.15, -0.1) is 0 Å². The van der Waals surface area contributed by atoms with Crippen molar-refractivity contribution in [1.29, 1.82) is 5.26 Å². The Morgan fingerprint density at radius 1 is 1.20 bits per heavy atom. The fraction of sp³-hybridized carbons (Fsp3) is 0. The van der Waals surface area contributed by atoms with Crippen LogP contribution < -0.4 is 5.32 Å². The Kier molecular flexibility index (Phi) is 4.23. The molecule has 0 bridgehead atoms. The second kappa shape index (κ2) is 5.91. The van der Waals surface area contributed by atoms with Crippen molar-refractivity contribution < 1.29 is 9.18 Å². The molecule has 0 fully saturated rings. The maximum atomic E-state index is 13.2. The van der Waals surface area contributed by atoms with Crippen LogP contribution in [0.1, 0.15) is 15.9 Å². The molecule has 0 unspecified atom stereocenters. The summed E-state index contributed by atoms with van der Waals surface area (Å²) in [5.41, 5.74) is 0.246. The molecule has 0 radical (unpaired) electrons. The second-order valence-electron chi connectivity index (χ2n) is 3.86. The van der Waals surface area contributed by atoms with E-state index in [1.54, 1.807) is 12.1 Å². The minimum atomic E-state index is -0.652. The van der Waals surface area contributed by atoms with Crippen LogP contribution in [0.25, 0.3) is 0 Å². The lowest BCUT2D eigenvalue weighted by Gasteiger charge is -2.08. The SMILES string of the molecule is N#Cc1cc(NC(=O)c2c(Cl)cccc2Cl)ccc1F. The van der Waals surface area contributed by atoms with Gasteiger partial charge in [-0.05, 0) is 30.3 Å². The number of carbonyl (C=O) groups excluding carboxylic acids is 1. The molecule has 0 atom stereocenters. The largest absolute Gasteiger partial charge is 0.322 e. The van der Waals surface area contributed by atoms with Crippen LogP contribution in [0.4, 0.5) is 10.1 Å². The van der Waals surface area contributed by atoms with Gasteiger partial charge in [-0.3, -0.25) is 4.79 Å². The highest BCUT2D eigenvalue weighted by Crippen LogP contribution is 2.25. The van der Waals surface area contributed by atoms with Crippen molar-refractivity contribution in [3.63, 3.8) is 0 Å². The van der Waals surface area contributed by atoms with Crippen LogP contribution >= 0.6 is 23.2 Å². The predicted molar refractivity (Wildman–Crippen MR) is 75.5 cm³/mol. The van der Waals surface area contributed by atoms with Crippen LogP contribution in [0.3, 0.4) is 0 Å². The van der Waals surface area contributed by atoms with E-state index in [9.17, 15) is 9.18 Å². The number of nitriles is 1. The van der Waals surface area contributed by atoms with E-state index in [0.29, 0.717) is 0 Å². The van der Waals surface area contributed by atoms with Crippen LogP contribution in [0, 0.1) is 17.1 Å². The second-order valence-corrected chi connectivity index (χ2v) is 4.67. The maximum Gasteiger partial charge on any atom is 0.258 e. The topological polar surface area (TPSA) is 52.9 Å². The summed E-state index contributed by atoms with van der Waals surface area (Å²) in [6, 6.07) is 10.1. The van der Waals surface area contributed by atoms with Crippen molar-refractivity contribution in [1.82, 2.24) is 0 Å². The number of carbonyl (C=O) groups is 1. The summed E-state index contributed by atoms with van der Waals surface area (Å²) in [4.78, 5) is 12.1. The maximum absolute atomic E-state index is 13.2. The zero-order valence-corrected chi connectivity index (χ0v) is 11.5. The average Bonchev–Trinajstić information content (AvgIpc) is 2.40. The van der Waals surface area contributed by atoms with E-state index in [-0.39, 0.29) is 26.9 Å². The molecule has 6 heteroatoms. The van der Waals surface area contributed by atoms with Gasteiger partial charge in [0, 0.05) is 5.69 Å². The van der Waals surface area contributed by atoms with Gasteiger partial charge < -0.3 is 5.32 Å². The molecule has 0 spiro atoms. The number of hydrogen-bond donors (Lipinski definition) is 1. The van der Waals surface area contributed by atoms with E-state index in [4.69, 9.17) is 28.5 Å². The van der Waals surface area contributed by atoms with E-state index in [1.807, 2.05) is 0 Å². The average molecular weight is 309 g/mol. The van der Waals surface area contributed by atoms with Gasteiger partial charge >= 0.3 is 0 Å². The summed E-state index contributed by atoms with van der Waals surface area (Å²) in [6.45, 7) is 0. The molecule has 100 valence electrons. The molecule has 0 saturated heterocycles. The molecule has 1 N–H and O–H groups in total. The highest BCUT2D eigenvalue weighted by atomic mass is 35.5. The lowest BCUT2D eigenvalue weighted by molar-refractivity contribution is 0.102. The molecule has 2 aromatic rings. The molecule has 0 aliphatic rings. The number of rotatable bonds is 2. The van der Waals surface area contributed by atoms with Crippen LogP contribution in [0.5, 0.6) is 0 Å². The zero-order chi connectivity index (χ0) is 14.7. The van der Waals surface area contributed by atoms with Gasteiger partial charge in [-0.25, -0.2) is 4.39 Å². The molecule has 20 heavy (non-hydrogen) atoms. The molecule has 0 aliphatic carbocycles. The highest BCUT2D eigenvalue weighted by Gasteiger charge is 2.15. The fourth-order valence-corrected chi connectivity index (χ4v) is 2.17. The number of anilines is 1. The van der Waals surface area contributed by atoms with Gasteiger partial charge in [-0.2, -0.15) is 5.26 Å². The van der Waals surface area contributed by atoms with Crippen molar-refractivity contribution in [2.75, 3.05) is 5.32 Å². The molecule has 0 aromatic heterocycles. The first-order valence-corrected chi connectivity index (χ1v) is 6.23. The number of nitrogens with one attached hydrogen (secondary N) is 1. The van der Waals surface area contributed by atoms with E-state index < -0.39 is 11.7 Å². The van der Waals surface area contributed by atoms with E-state index in [1.165, 1.54) is 24.3 Å². The molecule has 0 saturated carbocycles. The minimum absolute atomic E-state index is 0.124. The van der Waals surface area contributed by atoms with Crippen molar-refractivity contribution in [3.8, 4) is 6.07 Å². The zero-order valence-electron chi connectivity index (χ0n) is 9.95. The molecule has 2 aromatic carbocycles. The summed E-state index contributed by atoms with van der Waals surface area (Å²) in [7, 11) is 0. The van der Waals surface area contributed by atoms with Crippen molar-refractivity contribution in [3.05, 3.63) is 63.4 Å². The van der Waals surface area contributed by atoms with Gasteiger partial charge in [0.05, 0.1) is 21.2 Å². The Morgan fingerprint density at radius 2 is 1.85 bits per heavy atom. The summed E-state index contributed by atoms with van der Waals surface area (Å²) in [5.74, 6) is -1.18. The van der Waals surface area contributed by atoms with Crippen molar-refractivity contribution in [2.45, 2.75) is 0 Å². The van der Waals surface area contributed by atoms with Crippen LogP contribution in [0.15, 0.2) is 36.4 Å². The number of benzene rings is 2. The van der Waals surface area contributed by atoms with Crippen molar-refractivity contribution in [2.24, 2.45) is 0 Å². The number of hydrogen-bond acceptors (Lipinski definition) is 2. The summed E-state index contributed by atoms with van der Waals surface area (Å²) >= 11 is 11.8.